The maximum absolute atomic E-state index is 13.5. The SMILES string of the molecule is COc1ccc(F)c(-c2cc(CO)on2)c1. The van der Waals surface area contributed by atoms with Crippen molar-refractivity contribution >= 4 is 0 Å². The Labute approximate surface area is 91.3 Å². The first-order chi connectivity index (χ1) is 7.74. The molecule has 0 saturated heterocycles. The quantitative estimate of drug-likeness (QED) is 0.864. The van der Waals surface area contributed by atoms with Crippen molar-refractivity contribution in [3.05, 3.63) is 35.8 Å². The van der Waals surface area contributed by atoms with Gasteiger partial charge in [0.25, 0.3) is 0 Å². The number of rotatable bonds is 3. The van der Waals surface area contributed by atoms with Crippen LogP contribution in [-0.4, -0.2) is 17.4 Å². The molecule has 2 aromatic rings. The van der Waals surface area contributed by atoms with Gasteiger partial charge in [-0.3, -0.25) is 0 Å². The summed E-state index contributed by atoms with van der Waals surface area (Å²) >= 11 is 0. The van der Waals surface area contributed by atoms with Gasteiger partial charge in [0, 0.05) is 11.6 Å². The first-order valence-electron chi connectivity index (χ1n) is 4.65. The summed E-state index contributed by atoms with van der Waals surface area (Å²) in [6.45, 7) is -0.265. The van der Waals surface area contributed by atoms with Crippen LogP contribution in [0.5, 0.6) is 5.75 Å². The molecule has 1 heterocycles. The molecule has 0 aliphatic carbocycles. The summed E-state index contributed by atoms with van der Waals surface area (Å²) in [6, 6.07) is 5.82. The fraction of sp³-hybridized carbons (Fsp3) is 0.182. The van der Waals surface area contributed by atoms with Gasteiger partial charge in [-0.05, 0) is 18.2 Å². The standard InChI is InChI=1S/C11H10FNO3/c1-15-7-2-3-10(12)9(4-7)11-5-8(6-14)16-13-11/h2-5,14H,6H2,1H3. The fourth-order valence-corrected chi connectivity index (χ4v) is 1.34. The van der Waals surface area contributed by atoms with Gasteiger partial charge in [0.2, 0.25) is 0 Å². The number of hydrogen-bond donors (Lipinski definition) is 1. The van der Waals surface area contributed by atoms with Crippen LogP contribution in [0.4, 0.5) is 4.39 Å². The second kappa shape index (κ2) is 4.32. The highest BCUT2D eigenvalue weighted by molar-refractivity contribution is 5.61. The molecule has 0 radical (unpaired) electrons. The van der Waals surface area contributed by atoms with Crippen molar-refractivity contribution in [2.24, 2.45) is 0 Å². The van der Waals surface area contributed by atoms with Crippen molar-refractivity contribution in [1.29, 1.82) is 0 Å². The molecule has 1 aromatic carbocycles. The van der Waals surface area contributed by atoms with Crippen LogP contribution in [-0.2, 0) is 6.61 Å². The second-order valence-electron chi connectivity index (χ2n) is 3.18. The number of nitrogens with zero attached hydrogens (tertiary/aromatic N) is 1. The van der Waals surface area contributed by atoms with Crippen LogP contribution in [0.15, 0.2) is 28.8 Å². The lowest BCUT2D eigenvalue weighted by Crippen LogP contribution is -1.88. The van der Waals surface area contributed by atoms with Crippen LogP contribution in [0.3, 0.4) is 0 Å². The summed E-state index contributed by atoms with van der Waals surface area (Å²) in [5.74, 6) is 0.403. The Morgan fingerprint density at radius 3 is 2.88 bits per heavy atom. The minimum Gasteiger partial charge on any atom is -0.497 e. The van der Waals surface area contributed by atoms with Crippen molar-refractivity contribution in [2.75, 3.05) is 7.11 Å². The van der Waals surface area contributed by atoms with Crippen LogP contribution in [0.25, 0.3) is 11.3 Å². The molecule has 84 valence electrons. The van der Waals surface area contributed by atoms with Gasteiger partial charge in [0.15, 0.2) is 5.76 Å². The summed E-state index contributed by atoms with van der Waals surface area (Å²) in [4.78, 5) is 0. The van der Waals surface area contributed by atoms with Crippen molar-refractivity contribution in [3.8, 4) is 17.0 Å². The van der Waals surface area contributed by atoms with Crippen molar-refractivity contribution in [2.45, 2.75) is 6.61 Å². The van der Waals surface area contributed by atoms with E-state index >= 15 is 0 Å². The van der Waals surface area contributed by atoms with E-state index in [9.17, 15) is 4.39 Å². The maximum atomic E-state index is 13.5. The molecule has 5 heteroatoms. The average molecular weight is 223 g/mol. The van der Waals surface area contributed by atoms with Gasteiger partial charge in [-0.25, -0.2) is 4.39 Å². The number of aromatic nitrogens is 1. The lowest BCUT2D eigenvalue weighted by Gasteiger charge is -2.02. The van der Waals surface area contributed by atoms with Crippen molar-refractivity contribution in [3.63, 3.8) is 0 Å². The Morgan fingerprint density at radius 2 is 2.25 bits per heavy atom. The molecule has 2 rings (SSSR count). The third-order valence-corrected chi connectivity index (χ3v) is 2.16. The predicted octanol–water partition coefficient (Wildman–Crippen LogP) is 1.98. The molecule has 16 heavy (non-hydrogen) atoms. The van der Waals surface area contributed by atoms with Crippen LogP contribution >= 0.6 is 0 Å². The largest absolute Gasteiger partial charge is 0.497 e. The van der Waals surface area contributed by atoms with Crippen LogP contribution in [0.2, 0.25) is 0 Å². The number of aliphatic hydroxyl groups is 1. The molecule has 0 atom stereocenters. The zero-order valence-electron chi connectivity index (χ0n) is 8.61. The molecule has 1 N–H and O–H groups in total. The highest BCUT2D eigenvalue weighted by Crippen LogP contribution is 2.26. The van der Waals surface area contributed by atoms with Gasteiger partial charge in [-0.1, -0.05) is 5.16 Å². The fourth-order valence-electron chi connectivity index (χ4n) is 1.34. The normalized spacial score (nSPS) is 10.4. The molecule has 0 saturated carbocycles. The lowest BCUT2D eigenvalue weighted by atomic mass is 10.1. The van der Waals surface area contributed by atoms with Crippen molar-refractivity contribution in [1.82, 2.24) is 5.16 Å². The zero-order chi connectivity index (χ0) is 11.5. The molecule has 0 unspecified atom stereocenters. The molecule has 0 amide bonds. The molecule has 0 fully saturated rings. The summed E-state index contributed by atoms with van der Waals surface area (Å²) in [5, 5.41) is 12.5. The van der Waals surface area contributed by atoms with E-state index < -0.39 is 5.82 Å². The number of benzene rings is 1. The van der Waals surface area contributed by atoms with E-state index in [0.29, 0.717) is 11.4 Å². The Balaban J connectivity index is 2.45. The highest BCUT2D eigenvalue weighted by atomic mass is 19.1. The number of aliphatic hydroxyl groups excluding tert-OH is 1. The number of halogens is 1. The Morgan fingerprint density at radius 1 is 1.44 bits per heavy atom. The molecular formula is C11H10FNO3. The van der Waals surface area contributed by atoms with E-state index in [2.05, 4.69) is 5.16 Å². The van der Waals surface area contributed by atoms with Gasteiger partial charge >= 0.3 is 0 Å². The molecular weight excluding hydrogens is 213 g/mol. The first kappa shape index (κ1) is 10.6. The van der Waals surface area contributed by atoms with Gasteiger partial charge in [0.05, 0.1) is 7.11 Å². The van der Waals surface area contributed by atoms with Crippen LogP contribution in [0.1, 0.15) is 5.76 Å². The lowest BCUT2D eigenvalue weighted by molar-refractivity contribution is 0.229. The predicted molar refractivity (Wildman–Crippen MR) is 54.4 cm³/mol. The van der Waals surface area contributed by atoms with E-state index in [0.717, 1.165) is 0 Å². The van der Waals surface area contributed by atoms with Crippen LogP contribution < -0.4 is 4.74 Å². The molecule has 0 aliphatic heterocycles. The van der Waals surface area contributed by atoms with E-state index in [-0.39, 0.29) is 17.9 Å². The minimum atomic E-state index is -0.418. The summed E-state index contributed by atoms with van der Waals surface area (Å²) in [7, 11) is 1.50. The molecule has 0 bridgehead atoms. The number of methoxy groups -OCH3 is 1. The summed E-state index contributed by atoms with van der Waals surface area (Å²) < 4.78 is 23.3. The average Bonchev–Trinajstić information content (AvgIpc) is 2.78. The first-order valence-corrected chi connectivity index (χ1v) is 4.65. The topological polar surface area (TPSA) is 55.5 Å². The Bertz CT molecular complexity index is 496. The number of ether oxygens (including phenoxy) is 1. The monoisotopic (exact) mass is 223 g/mol. The third-order valence-electron chi connectivity index (χ3n) is 2.16. The van der Waals surface area contributed by atoms with E-state index in [1.807, 2.05) is 0 Å². The highest BCUT2D eigenvalue weighted by Gasteiger charge is 2.11. The van der Waals surface area contributed by atoms with Gasteiger partial charge in [-0.2, -0.15) is 0 Å². The van der Waals surface area contributed by atoms with Crippen molar-refractivity contribution < 1.29 is 18.8 Å². The molecule has 0 spiro atoms. The van der Waals surface area contributed by atoms with Gasteiger partial charge < -0.3 is 14.4 Å². The second-order valence-corrected chi connectivity index (χ2v) is 3.18. The molecule has 1 aromatic heterocycles. The zero-order valence-corrected chi connectivity index (χ0v) is 8.61. The Kier molecular flexibility index (Phi) is 2.87. The maximum Gasteiger partial charge on any atom is 0.162 e. The number of hydrogen-bond acceptors (Lipinski definition) is 4. The molecule has 0 aliphatic rings. The summed E-state index contributed by atoms with van der Waals surface area (Å²) in [6.07, 6.45) is 0. The molecule has 4 nitrogen and oxygen atoms in total. The smallest absolute Gasteiger partial charge is 0.162 e. The van der Waals surface area contributed by atoms with E-state index in [1.54, 1.807) is 0 Å². The van der Waals surface area contributed by atoms with E-state index in [1.165, 1.54) is 31.4 Å². The third kappa shape index (κ3) is 1.90. The minimum absolute atomic E-state index is 0.265. The van der Waals surface area contributed by atoms with Gasteiger partial charge in [-0.15, -0.1) is 0 Å². The van der Waals surface area contributed by atoms with E-state index in [4.69, 9.17) is 14.4 Å². The van der Waals surface area contributed by atoms with Crippen LogP contribution in [0, 0.1) is 5.82 Å². The van der Waals surface area contributed by atoms with Gasteiger partial charge in [0.1, 0.15) is 23.9 Å². The Hall–Kier alpha value is -1.88. The summed E-state index contributed by atoms with van der Waals surface area (Å²) in [5.41, 5.74) is 0.614.